The van der Waals surface area contributed by atoms with Crippen LogP contribution >= 0.6 is 0 Å². The fourth-order valence-corrected chi connectivity index (χ4v) is 4.29. The van der Waals surface area contributed by atoms with Crippen molar-refractivity contribution in [3.05, 3.63) is 64.7 Å². The predicted molar refractivity (Wildman–Crippen MR) is 110 cm³/mol. The van der Waals surface area contributed by atoms with Crippen LogP contribution in [0.15, 0.2) is 36.4 Å². The van der Waals surface area contributed by atoms with Crippen LogP contribution in [0.2, 0.25) is 0 Å². The van der Waals surface area contributed by atoms with E-state index in [0.717, 1.165) is 45.5 Å². The van der Waals surface area contributed by atoms with Crippen molar-refractivity contribution in [1.29, 1.82) is 0 Å². The Morgan fingerprint density at radius 3 is 2.24 bits per heavy atom. The van der Waals surface area contributed by atoms with E-state index in [1.165, 1.54) is 6.92 Å². The predicted octanol–water partition coefficient (Wildman–Crippen LogP) is 4.00. The summed E-state index contributed by atoms with van der Waals surface area (Å²) in [5.41, 5.74) is 3.01. The molecular formula is C21H26F2N2O3S. The van der Waals surface area contributed by atoms with Crippen molar-refractivity contribution >= 4 is 21.6 Å². The molecule has 2 atom stereocenters. The van der Waals surface area contributed by atoms with Crippen LogP contribution in [-0.4, -0.2) is 26.6 Å². The maximum atomic E-state index is 13.7. The fraction of sp³-hybridized carbons (Fsp3) is 0.381. The lowest BCUT2D eigenvalue weighted by molar-refractivity contribution is -0.122. The van der Waals surface area contributed by atoms with Gasteiger partial charge in [-0.25, -0.2) is 17.2 Å². The van der Waals surface area contributed by atoms with E-state index < -0.39 is 33.6 Å². The largest absolute Gasteiger partial charge is 0.347 e. The molecule has 0 aliphatic heterocycles. The number of carbonyl (C=O) groups excluding carboxylic acids is 1. The molecular weight excluding hydrogens is 398 g/mol. The highest BCUT2D eigenvalue weighted by Gasteiger charge is 2.31. The van der Waals surface area contributed by atoms with Gasteiger partial charge in [-0.15, -0.1) is 0 Å². The number of rotatable bonds is 7. The van der Waals surface area contributed by atoms with Crippen LogP contribution in [0, 0.1) is 25.5 Å². The second-order valence-corrected chi connectivity index (χ2v) is 9.01. The first kappa shape index (κ1) is 22.8. The highest BCUT2D eigenvalue weighted by Crippen LogP contribution is 2.25. The summed E-state index contributed by atoms with van der Waals surface area (Å²) >= 11 is 0. The third-order valence-electron chi connectivity index (χ3n) is 4.90. The topological polar surface area (TPSA) is 66.5 Å². The molecule has 0 spiro atoms. The Balaban J connectivity index is 2.32. The van der Waals surface area contributed by atoms with E-state index in [1.807, 2.05) is 39.0 Å². The monoisotopic (exact) mass is 424 g/mol. The van der Waals surface area contributed by atoms with Crippen LogP contribution in [-0.2, 0) is 14.8 Å². The molecule has 0 heterocycles. The molecule has 0 aromatic heterocycles. The van der Waals surface area contributed by atoms with Crippen LogP contribution in [0.1, 0.15) is 43.0 Å². The summed E-state index contributed by atoms with van der Waals surface area (Å²) in [6.45, 7) is 7.29. The smallest absolute Gasteiger partial charge is 0.244 e. The van der Waals surface area contributed by atoms with E-state index in [4.69, 9.17) is 0 Å². The standard InChI is InChI=1S/C21H26F2N2O3S/c1-6-20(16-8-7-13(2)14(3)11-16)24-21(26)15(4)25(29(5,27)28)17-9-10-18(22)19(23)12-17/h7-12,15,20H,6H2,1-5H3,(H,24,26)/t15-,20-/m0/s1. The first-order chi connectivity index (χ1) is 13.5. The molecule has 29 heavy (non-hydrogen) atoms. The minimum absolute atomic E-state index is 0.117. The van der Waals surface area contributed by atoms with Crippen molar-refractivity contribution in [2.45, 2.75) is 46.2 Å². The number of aryl methyl sites for hydroxylation is 2. The number of nitrogens with zero attached hydrogens (tertiary/aromatic N) is 1. The number of amides is 1. The first-order valence-electron chi connectivity index (χ1n) is 9.27. The van der Waals surface area contributed by atoms with Gasteiger partial charge in [0.25, 0.3) is 0 Å². The molecule has 0 aliphatic carbocycles. The number of sulfonamides is 1. The van der Waals surface area contributed by atoms with Gasteiger partial charge < -0.3 is 5.32 Å². The number of hydrogen-bond donors (Lipinski definition) is 1. The summed E-state index contributed by atoms with van der Waals surface area (Å²) in [6, 6.07) is 7.13. The number of nitrogens with one attached hydrogen (secondary N) is 1. The SMILES string of the molecule is CC[C@H](NC(=O)[C@H](C)N(c1ccc(F)c(F)c1)S(C)(=O)=O)c1ccc(C)c(C)c1. The van der Waals surface area contributed by atoms with Gasteiger partial charge in [0.05, 0.1) is 18.0 Å². The van der Waals surface area contributed by atoms with Crippen molar-refractivity contribution in [3.8, 4) is 0 Å². The summed E-state index contributed by atoms with van der Waals surface area (Å²) in [7, 11) is -3.93. The third kappa shape index (κ3) is 5.32. The van der Waals surface area contributed by atoms with E-state index in [0.29, 0.717) is 6.42 Å². The molecule has 1 amide bonds. The lowest BCUT2D eigenvalue weighted by Crippen LogP contribution is -2.48. The van der Waals surface area contributed by atoms with Gasteiger partial charge in [-0.3, -0.25) is 9.10 Å². The van der Waals surface area contributed by atoms with Crippen molar-refractivity contribution in [1.82, 2.24) is 5.32 Å². The van der Waals surface area contributed by atoms with Crippen LogP contribution in [0.4, 0.5) is 14.5 Å². The van der Waals surface area contributed by atoms with Gasteiger partial charge in [-0.05, 0) is 56.0 Å². The summed E-state index contributed by atoms with van der Waals surface area (Å²) in [4.78, 5) is 12.9. The molecule has 2 rings (SSSR count). The van der Waals surface area contributed by atoms with Gasteiger partial charge in [0, 0.05) is 6.07 Å². The molecule has 0 unspecified atom stereocenters. The number of carbonyl (C=O) groups is 1. The number of halogens is 2. The molecule has 0 fully saturated rings. The van der Waals surface area contributed by atoms with Crippen LogP contribution in [0.5, 0.6) is 0 Å². The number of hydrogen-bond acceptors (Lipinski definition) is 3. The van der Waals surface area contributed by atoms with E-state index in [2.05, 4.69) is 5.32 Å². The Labute approximate surface area is 170 Å². The lowest BCUT2D eigenvalue weighted by Gasteiger charge is -2.30. The van der Waals surface area contributed by atoms with Crippen molar-refractivity contribution in [2.75, 3.05) is 10.6 Å². The molecule has 2 aromatic rings. The highest BCUT2D eigenvalue weighted by atomic mass is 32.2. The molecule has 0 bridgehead atoms. The fourth-order valence-electron chi connectivity index (χ4n) is 3.13. The van der Waals surface area contributed by atoms with Crippen molar-refractivity contribution < 1.29 is 22.0 Å². The Kier molecular flexibility index (Phi) is 7.00. The quantitative estimate of drug-likeness (QED) is 0.731. The Morgan fingerprint density at radius 1 is 1.07 bits per heavy atom. The van der Waals surface area contributed by atoms with E-state index >= 15 is 0 Å². The third-order valence-corrected chi connectivity index (χ3v) is 6.15. The molecule has 158 valence electrons. The zero-order chi connectivity index (χ0) is 21.9. The van der Waals surface area contributed by atoms with Crippen LogP contribution in [0.3, 0.4) is 0 Å². The Morgan fingerprint density at radius 2 is 1.72 bits per heavy atom. The first-order valence-corrected chi connectivity index (χ1v) is 11.1. The summed E-state index contributed by atoms with van der Waals surface area (Å²) in [6.07, 6.45) is 1.52. The average Bonchev–Trinajstić information content (AvgIpc) is 2.63. The second-order valence-electron chi connectivity index (χ2n) is 7.15. The van der Waals surface area contributed by atoms with Gasteiger partial charge in [0.2, 0.25) is 15.9 Å². The highest BCUT2D eigenvalue weighted by molar-refractivity contribution is 7.92. The molecule has 0 radical (unpaired) electrons. The van der Waals surface area contributed by atoms with Crippen molar-refractivity contribution in [3.63, 3.8) is 0 Å². The van der Waals surface area contributed by atoms with Crippen molar-refractivity contribution in [2.24, 2.45) is 0 Å². The van der Waals surface area contributed by atoms with Gasteiger partial charge in [-0.2, -0.15) is 0 Å². The molecule has 0 saturated heterocycles. The van der Waals surface area contributed by atoms with E-state index in [9.17, 15) is 22.0 Å². The zero-order valence-electron chi connectivity index (χ0n) is 17.2. The Hall–Kier alpha value is -2.48. The van der Waals surface area contributed by atoms with Gasteiger partial charge in [-0.1, -0.05) is 25.1 Å². The summed E-state index contributed by atoms with van der Waals surface area (Å²) in [5, 5.41) is 2.86. The maximum absolute atomic E-state index is 13.7. The van der Waals surface area contributed by atoms with Gasteiger partial charge in [0.15, 0.2) is 11.6 Å². The molecule has 2 aromatic carbocycles. The Bertz CT molecular complexity index is 1010. The molecule has 0 saturated carbocycles. The minimum atomic E-state index is -3.93. The molecule has 8 heteroatoms. The lowest BCUT2D eigenvalue weighted by atomic mass is 9.99. The minimum Gasteiger partial charge on any atom is -0.347 e. The number of anilines is 1. The van der Waals surface area contributed by atoms with Gasteiger partial charge >= 0.3 is 0 Å². The maximum Gasteiger partial charge on any atom is 0.244 e. The molecule has 0 aliphatic rings. The van der Waals surface area contributed by atoms with Crippen LogP contribution in [0.25, 0.3) is 0 Å². The summed E-state index contributed by atoms with van der Waals surface area (Å²) < 4.78 is 52.3. The van der Waals surface area contributed by atoms with Gasteiger partial charge in [0.1, 0.15) is 6.04 Å². The molecule has 5 nitrogen and oxygen atoms in total. The second kappa shape index (κ2) is 8.90. The molecule has 1 N–H and O–H groups in total. The summed E-state index contributed by atoms with van der Waals surface area (Å²) in [5.74, 6) is -2.82. The zero-order valence-corrected chi connectivity index (χ0v) is 18.0. The van der Waals surface area contributed by atoms with Crippen LogP contribution < -0.4 is 9.62 Å². The normalized spacial score (nSPS) is 13.6. The average molecular weight is 425 g/mol. The van der Waals surface area contributed by atoms with E-state index in [-0.39, 0.29) is 11.7 Å². The number of benzene rings is 2. The van der Waals surface area contributed by atoms with E-state index in [1.54, 1.807) is 0 Å².